The smallest absolute Gasteiger partial charge is 0.0546 e. The molecule has 0 aliphatic heterocycles. The van der Waals surface area contributed by atoms with E-state index in [-0.39, 0.29) is 0 Å². The van der Waals surface area contributed by atoms with E-state index in [0.717, 1.165) is 39.6 Å². The Hall–Kier alpha value is -8.92. The molecule has 2 heterocycles. The molecule has 0 saturated heterocycles. The Bertz CT molecular complexity index is 3900. The zero-order chi connectivity index (χ0) is 44.0. The van der Waals surface area contributed by atoms with Gasteiger partial charge in [0, 0.05) is 49.4 Å². The molecule has 0 spiro atoms. The molecule has 12 aromatic carbocycles. The monoisotopic (exact) mass is 851 g/mol. The topological polar surface area (TPSA) is 13.1 Å². The maximum absolute atomic E-state index is 2.45. The van der Waals surface area contributed by atoms with E-state index >= 15 is 0 Å². The van der Waals surface area contributed by atoms with E-state index in [9.17, 15) is 0 Å². The Balaban J connectivity index is 0.936. The van der Waals surface area contributed by atoms with Gasteiger partial charge in [-0.15, -0.1) is 0 Å². The van der Waals surface area contributed by atoms with E-state index in [1.165, 1.54) is 87.1 Å². The first kappa shape index (κ1) is 37.5. The molecule has 0 aliphatic rings. The van der Waals surface area contributed by atoms with Crippen LogP contribution in [0.4, 0.5) is 17.1 Å². The molecular formula is C64H41N3. The van der Waals surface area contributed by atoms with Gasteiger partial charge in [-0.2, -0.15) is 0 Å². The molecule has 2 aromatic heterocycles. The fourth-order valence-electron chi connectivity index (χ4n) is 11.1. The highest BCUT2D eigenvalue weighted by Crippen LogP contribution is 2.46. The van der Waals surface area contributed by atoms with Crippen LogP contribution >= 0.6 is 0 Å². The average Bonchev–Trinajstić information content (AvgIpc) is 3.92. The van der Waals surface area contributed by atoms with Crippen molar-refractivity contribution >= 4 is 93.0 Å². The van der Waals surface area contributed by atoms with Crippen molar-refractivity contribution in [2.75, 3.05) is 4.90 Å². The quantitative estimate of drug-likeness (QED) is 0.146. The highest BCUT2D eigenvalue weighted by molar-refractivity contribution is 6.26. The molecule has 0 atom stereocenters. The van der Waals surface area contributed by atoms with Crippen molar-refractivity contribution < 1.29 is 0 Å². The summed E-state index contributed by atoms with van der Waals surface area (Å²) in [6.45, 7) is 0. The molecule has 0 unspecified atom stereocenters. The molecule has 0 saturated carbocycles. The van der Waals surface area contributed by atoms with Crippen LogP contribution in [0.15, 0.2) is 249 Å². The number of benzene rings is 12. The SMILES string of the molecule is c1ccc(-n2c3ccccc3c3ccccc32)c(-c2ccc(N(c3ccc(-c4ccccc4-n4c5ccccc5c5ccccc54)cc3)c3cc4cccc5ccc6cccc3c6c54)cc2)c1. The predicted octanol–water partition coefficient (Wildman–Crippen LogP) is 17.6. The van der Waals surface area contributed by atoms with Crippen molar-refractivity contribution in [2.45, 2.75) is 0 Å². The van der Waals surface area contributed by atoms with E-state index in [0.29, 0.717) is 0 Å². The standard InChI is InChI=1S/C64H41N3/c1-7-25-56(66-58-27-9-3-20-51(58)52-21-4-10-28-59(52)66)49(18-1)42-33-37-47(38-34-42)65(62-41-46-17-13-15-44-31-32-45-16-14-24-55(62)64(45)63(44)46)48-39-35-43(36-40-48)50-19-2-8-26-57(50)67-60-29-11-5-22-53(60)54-23-6-12-30-61(54)67/h1-41H. The summed E-state index contributed by atoms with van der Waals surface area (Å²) in [5.41, 5.74) is 15.1. The zero-order valence-electron chi connectivity index (χ0n) is 36.5. The lowest BCUT2D eigenvalue weighted by Crippen LogP contribution is -2.11. The van der Waals surface area contributed by atoms with Crippen molar-refractivity contribution in [2.24, 2.45) is 0 Å². The van der Waals surface area contributed by atoms with Gasteiger partial charge in [-0.05, 0) is 105 Å². The largest absolute Gasteiger partial charge is 0.310 e. The third-order valence-corrected chi connectivity index (χ3v) is 14.1. The lowest BCUT2D eigenvalue weighted by molar-refractivity contribution is 1.18. The molecular weight excluding hydrogens is 811 g/mol. The van der Waals surface area contributed by atoms with Crippen LogP contribution in [-0.4, -0.2) is 9.13 Å². The maximum Gasteiger partial charge on any atom is 0.0546 e. The lowest BCUT2D eigenvalue weighted by Gasteiger charge is -2.28. The first-order chi connectivity index (χ1) is 33.3. The Kier molecular flexibility index (Phi) is 8.28. The molecule has 312 valence electrons. The van der Waals surface area contributed by atoms with Crippen LogP contribution in [0.25, 0.3) is 110 Å². The minimum absolute atomic E-state index is 1.09. The molecule has 0 fully saturated rings. The van der Waals surface area contributed by atoms with Gasteiger partial charge in [0.25, 0.3) is 0 Å². The van der Waals surface area contributed by atoms with Gasteiger partial charge in [-0.1, -0.05) is 182 Å². The molecule has 14 aromatic rings. The van der Waals surface area contributed by atoms with Gasteiger partial charge in [0.15, 0.2) is 0 Å². The predicted molar refractivity (Wildman–Crippen MR) is 284 cm³/mol. The van der Waals surface area contributed by atoms with E-state index in [2.05, 4.69) is 263 Å². The van der Waals surface area contributed by atoms with Crippen LogP contribution in [0.5, 0.6) is 0 Å². The van der Waals surface area contributed by atoms with E-state index < -0.39 is 0 Å². The van der Waals surface area contributed by atoms with Crippen LogP contribution in [0.2, 0.25) is 0 Å². The van der Waals surface area contributed by atoms with Crippen LogP contribution in [-0.2, 0) is 0 Å². The number of hydrogen-bond donors (Lipinski definition) is 0. The highest BCUT2D eigenvalue weighted by atomic mass is 15.1. The van der Waals surface area contributed by atoms with Gasteiger partial charge < -0.3 is 14.0 Å². The summed E-state index contributed by atoms with van der Waals surface area (Å²) in [7, 11) is 0. The summed E-state index contributed by atoms with van der Waals surface area (Å²) in [6.07, 6.45) is 0. The molecule has 0 aliphatic carbocycles. The van der Waals surface area contributed by atoms with Crippen LogP contribution in [0.3, 0.4) is 0 Å². The molecule has 0 N–H and O–H groups in total. The minimum Gasteiger partial charge on any atom is -0.310 e. The first-order valence-electron chi connectivity index (χ1n) is 23.1. The Labute approximate surface area is 387 Å². The molecule has 3 nitrogen and oxygen atoms in total. The second-order valence-electron chi connectivity index (χ2n) is 17.6. The summed E-state index contributed by atoms with van der Waals surface area (Å²) in [6, 6.07) is 91.3. The fraction of sp³-hybridized carbons (Fsp3) is 0. The number of hydrogen-bond acceptors (Lipinski definition) is 1. The van der Waals surface area contributed by atoms with Crippen molar-refractivity contribution in [3.8, 4) is 33.6 Å². The molecule has 3 heteroatoms. The number of rotatable bonds is 7. The number of fused-ring (bicyclic) bond motifs is 6. The van der Waals surface area contributed by atoms with Crippen LogP contribution in [0.1, 0.15) is 0 Å². The third-order valence-electron chi connectivity index (χ3n) is 14.1. The van der Waals surface area contributed by atoms with Crippen LogP contribution in [0, 0.1) is 0 Å². The Morgan fingerprint density at radius 2 is 0.642 bits per heavy atom. The summed E-state index contributed by atoms with van der Waals surface area (Å²) in [4.78, 5) is 2.45. The third kappa shape index (κ3) is 5.71. The maximum atomic E-state index is 2.45. The second kappa shape index (κ2) is 14.8. The summed E-state index contributed by atoms with van der Waals surface area (Å²) in [5, 5.41) is 12.6. The molecule has 14 rings (SSSR count). The Morgan fingerprint density at radius 1 is 0.269 bits per heavy atom. The van der Waals surface area contributed by atoms with Crippen molar-refractivity contribution in [3.05, 3.63) is 249 Å². The summed E-state index contributed by atoms with van der Waals surface area (Å²) >= 11 is 0. The van der Waals surface area contributed by atoms with Crippen LogP contribution < -0.4 is 4.90 Å². The van der Waals surface area contributed by atoms with Crippen molar-refractivity contribution in [1.82, 2.24) is 9.13 Å². The highest BCUT2D eigenvalue weighted by Gasteiger charge is 2.22. The number of aromatic nitrogens is 2. The first-order valence-corrected chi connectivity index (χ1v) is 23.1. The molecule has 0 amide bonds. The van der Waals surface area contributed by atoms with Gasteiger partial charge in [0.05, 0.1) is 39.1 Å². The van der Waals surface area contributed by atoms with Gasteiger partial charge >= 0.3 is 0 Å². The van der Waals surface area contributed by atoms with Crippen molar-refractivity contribution in [3.63, 3.8) is 0 Å². The fourth-order valence-corrected chi connectivity index (χ4v) is 11.1. The average molecular weight is 852 g/mol. The van der Waals surface area contributed by atoms with Gasteiger partial charge in [-0.3, -0.25) is 0 Å². The van der Waals surface area contributed by atoms with E-state index in [4.69, 9.17) is 0 Å². The minimum atomic E-state index is 1.09. The van der Waals surface area contributed by atoms with Gasteiger partial charge in [0.2, 0.25) is 0 Å². The molecule has 67 heavy (non-hydrogen) atoms. The summed E-state index contributed by atoms with van der Waals surface area (Å²) in [5.74, 6) is 0. The van der Waals surface area contributed by atoms with E-state index in [1.807, 2.05) is 0 Å². The van der Waals surface area contributed by atoms with Crippen molar-refractivity contribution in [1.29, 1.82) is 0 Å². The summed E-state index contributed by atoms with van der Waals surface area (Å²) < 4.78 is 4.85. The number of nitrogens with zero attached hydrogens (tertiary/aromatic N) is 3. The molecule has 0 radical (unpaired) electrons. The number of anilines is 3. The second-order valence-corrected chi connectivity index (χ2v) is 17.6. The zero-order valence-corrected chi connectivity index (χ0v) is 36.5. The van der Waals surface area contributed by atoms with Gasteiger partial charge in [0.1, 0.15) is 0 Å². The lowest BCUT2D eigenvalue weighted by atomic mass is 9.92. The number of para-hydroxylation sites is 6. The van der Waals surface area contributed by atoms with Gasteiger partial charge in [-0.25, -0.2) is 0 Å². The normalized spacial score (nSPS) is 11.9. The van der Waals surface area contributed by atoms with E-state index in [1.54, 1.807) is 0 Å². The Morgan fingerprint density at radius 3 is 1.12 bits per heavy atom. The molecule has 0 bridgehead atoms.